The molecule has 0 unspecified atom stereocenters. The van der Waals surface area contributed by atoms with Crippen molar-refractivity contribution >= 4 is 22.4 Å². The van der Waals surface area contributed by atoms with Gasteiger partial charge in [-0.1, -0.05) is 6.07 Å². The molecule has 0 saturated carbocycles. The Morgan fingerprint density at radius 3 is 2.90 bits per heavy atom. The number of aryl methyl sites for hydroxylation is 2. The number of nitrogens with one attached hydrogen (secondary N) is 1. The number of piperazine rings is 1. The zero-order valence-electron chi connectivity index (χ0n) is 18.4. The molecule has 2 atom stereocenters. The number of morpholine rings is 1. The highest BCUT2D eigenvalue weighted by molar-refractivity contribution is 5.92. The summed E-state index contributed by atoms with van der Waals surface area (Å²) in [4.78, 5) is 14.1. The number of fused-ring (bicyclic) bond motifs is 2. The van der Waals surface area contributed by atoms with Gasteiger partial charge >= 0.3 is 0 Å². The lowest BCUT2D eigenvalue weighted by Gasteiger charge is -2.44. The van der Waals surface area contributed by atoms with E-state index in [2.05, 4.69) is 49.4 Å². The zero-order chi connectivity index (χ0) is 21.4. The zero-order valence-corrected chi connectivity index (χ0v) is 18.4. The van der Waals surface area contributed by atoms with E-state index in [1.807, 2.05) is 32.3 Å². The molecule has 1 N–H and O–H groups in total. The average molecular weight is 420 g/mol. The summed E-state index contributed by atoms with van der Waals surface area (Å²) in [5.74, 6) is 0.755. The summed E-state index contributed by atoms with van der Waals surface area (Å²) in [6.45, 7) is 11.8. The molecule has 2 fully saturated rings. The van der Waals surface area contributed by atoms with Gasteiger partial charge in [-0.25, -0.2) is 0 Å². The summed E-state index contributed by atoms with van der Waals surface area (Å²) in [5.41, 5.74) is 5.01. The Balaban J connectivity index is 1.45. The number of hydrogen-bond donors (Lipinski definition) is 1. The van der Waals surface area contributed by atoms with Crippen LogP contribution in [0.3, 0.4) is 0 Å². The van der Waals surface area contributed by atoms with E-state index >= 15 is 0 Å². The van der Waals surface area contributed by atoms with Crippen LogP contribution in [-0.4, -0.2) is 70.5 Å². The first-order valence-electron chi connectivity index (χ1n) is 11.0. The van der Waals surface area contributed by atoms with Crippen molar-refractivity contribution < 1.29 is 4.74 Å². The fourth-order valence-electron chi connectivity index (χ4n) is 4.65. The van der Waals surface area contributed by atoms with Gasteiger partial charge in [-0.05, 0) is 38.5 Å². The first-order valence-corrected chi connectivity index (χ1v) is 11.0. The normalized spacial score (nSPS) is 20.5. The third-order valence-electron chi connectivity index (χ3n) is 6.44. The molecular weight excluding hydrogens is 390 g/mol. The first kappa shape index (κ1) is 20.1. The predicted molar refractivity (Wildman–Crippen MR) is 121 cm³/mol. The molecule has 8 nitrogen and oxygen atoms in total. The highest BCUT2D eigenvalue weighted by Gasteiger charge is 2.30. The van der Waals surface area contributed by atoms with Crippen LogP contribution in [0.2, 0.25) is 0 Å². The molecule has 0 amide bonds. The van der Waals surface area contributed by atoms with Crippen molar-refractivity contribution in [2.45, 2.75) is 32.9 Å². The Kier molecular flexibility index (Phi) is 5.41. The van der Waals surface area contributed by atoms with E-state index in [0.29, 0.717) is 6.04 Å². The molecule has 0 bridgehead atoms. The largest absolute Gasteiger partial charge is 0.378 e. The highest BCUT2D eigenvalue weighted by Crippen LogP contribution is 2.30. The van der Waals surface area contributed by atoms with Gasteiger partial charge in [0, 0.05) is 43.5 Å². The summed E-state index contributed by atoms with van der Waals surface area (Å²) in [6, 6.07) is 6.77. The Bertz CT molecular complexity index is 1090. The van der Waals surface area contributed by atoms with E-state index in [-0.39, 0.29) is 6.04 Å². The number of aromatic nitrogens is 4. The quantitative estimate of drug-likeness (QED) is 0.692. The SMILES string of the molecule is Cc1ncccc1[C@@H](C)Nc1nnc(C)c2ncc(N3CCN4CCOC[C@@H]4C3)cc12. The van der Waals surface area contributed by atoms with Gasteiger partial charge in [-0.15, -0.1) is 5.10 Å². The Labute approximate surface area is 182 Å². The lowest BCUT2D eigenvalue weighted by atomic mass is 10.1. The van der Waals surface area contributed by atoms with E-state index in [4.69, 9.17) is 9.72 Å². The number of pyridine rings is 2. The monoisotopic (exact) mass is 419 g/mol. The Morgan fingerprint density at radius 1 is 1.13 bits per heavy atom. The molecular formula is C23H29N7O. The molecule has 0 aromatic carbocycles. The molecule has 8 heteroatoms. The third kappa shape index (κ3) is 3.93. The number of nitrogens with zero attached hydrogens (tertiary/aromatic N) is 6. The molecule has 2 saturated heterocycles. The molecule has 0 aliphatic carbocycles. The van der Waals surface area contributed by atoms with Crippen molar-refractivity contribution in [1.82, 2.24) is 25.1 Å². The third-order valence-corrected chi connectivity index (χ3v) is 6.44. The number of hydrogen-bond acceptors (Lipinski definition) is 8. The topological polar surface area (TPSA) is 79.3 Å². The van der Waals surface area contributed by atoms with E-state index in [0.717, 1.165) is 78.8 Å². The van der Waals surface area contributed by atoms with Gasteiger partial charge in [-0.2, -0.15) is 5.10 Å². The average Bonchev–Trinajstić information content (AvgIpc) is 2.80. The minimum absolute atomic E-state index is 0.0560. The smallest absolute Gasteiger partial charge is 0.158 e. The maximum Gasteiger partial charge on any atom is 0.158 e. The first-order chi connectivity index (χ1) is 15.1. The van der Waals surface area contributed by atoms with E-state index in [1.54, 1.807) is 0 Å². The summed E-state index contributed by atoms with van der Waals surface area (Å²) >= 11 is 0. The number of ether oxygens (including phenoxy) is 1. The van der Waals surface area contributed by atoms with Gasteiger partial charge in [0.25, 0.3) is 0 Å². The van der Waals surface area contributed by atoms with Crippen molar-refractivity contribution in [3.05, 3.63) is 47.5 Å². The molecule has 0 spiro atoms. The summed E-state index contributed by atoms with van der Waals surface area (Å²) in [5, 5.41) is 13.4. The second-order valence-corrected chi connectivity index (χ2v) is 8.48. The Morgan fingerprint density at radius 2 is 2.03 bits per heavy atom. The van der Waals surface area contributed by atoms with E-state index < -0.39 is 0 Å². The molecule has 3 aromatic heterocycles. The fraction of sp³-hybridized carbons (Fsp3) is 0.478. The number of anilines is 2. The maximum atomic E-state index is 5.71. The van der Waals surface area contributed by atoms with Crippen LogP contribution >= 0.6 is 0 Å². The molecule has 162 valence electrons. The lowest BCUT2D eigenvalue weighted by molar-refractivity contribution is -0.0116. The fourth-order valence-corrected chi connectivity index (χ4v) is 4.65. The van der Waals surface area contributed by atoms with Gasteiger partial charge in [0.2, 0.25) is 0 Å². The van der Waals surface area contributed by atoms with Gasteiger partial charge in [0.05, 0.1) is 48.4 Å². The van der Waals surface area contributed by atoms with Crippen molar-refractivity contribution in [3.63, 3.8) is 0 Å². The molecule has 3 aromatic rings. The van der Waals surface area contributed by atoms with Crippen molar-refractivity contribution in [2.24, 2.45) is 0 Å². The van der Waals surface area contributed by atoms with E-state index in [9.17, 15) is 0 Å². The van der Waals surface area contributed by atoms with Gasteiger partial charge in [-0.3, -0.25) is 14.9 Å². The highest BCUT2D eigenvalue weighted by atomic mass is 16.5. The van der Waals surface area contributed by atoms with Crippen LogP contribution in [-0.2, 0) is 4.74 Å². The van der Waals surface area contributed by atoms with Crippen LogP contribution in [0.25, 0.3) is 10.9 Å². The minimum Gasteiger partial charge on any atom is -0.378 e. The maximum absolute atomic E-state index is 5.71. The lowest BCUT2D eigenvalue weighted by Crippen LogP contribution is -2.58. The second kappa shape index (κ2) is 8.36. The van der Waals surface area contributed by atoms with Gasteiger partial charge in [0.1, 0.15) is 0 Å². The van der Waals surface area contributed by atoms with Crippen LogP contribution in [0.1, 0.15) is 29.9 Å². The van der Waals surface area contributed by atoms with Gasteiger partial charge < -0.3 is 15.0 Å². The summed E-state index contributed by atoms with van der Waals surface area (Å²) < 4.78 is 5.71. The molecule has 5 heterocycles. The van der Waals surface area contributed by atoms with E-state index in [1.165, 1.54) is 0 Å². The molecule has 2 aliphatic heterocycles. The molecule has 2 aliphatic rings. The Hall–Kier alpha value is -2.84. The van der Waals surface area contributed by atoms with Gasteiger partial charge in [0.15, 0.2) is 5.82 Å². The van der Waals surface area contributed by atoms with Crippen LogP contribution in [0.5, 0.6) is 0 Å². The van der Waals surface area contributed by atoms with Crippen LogP contribution < -0.4 is 10.2 Å². The van der Waals surface area contributed by atoms with Crippen molar-refractivity contribution in [1.29, 1.82) is 0 Å². The molecule has 0 radical (unpaired) electrons. The standard InChI is InChI=1S/C23H29N7O/c1-15-20(5-4-6-24-15)16(2)26-23-21-11-18(12-25-22(21)17(3)27-28-23)30-8-7-29-9-10-31-14-19(29)13-30/h4-6,11-12,16,19H,7-10,13-14H2,1-3H3,(H,26,28)/t16-,19+/m1/s1. The van der Waals surface area contributed by atoms with Crippen molar-refractivity contribution in [2.75, 3.05) is 49.6 Å². The number of rotatable bonds is 4. The molecule has 31 heavy (non-hydrogen) atoms. The minimum atomic E-state index is 0.0560. The van der Waals surface area contributed by atoms with Crippen LogP contribution in [0.15, 0.2) is 30.6 Å². The molecule has 5 rings (SSSR count). The van der Waals surface area contributed by atoms with Crippen molar-refractivity contribution in [3.8, 4) is 0 Å². The van der Waals surface area contributed by atoms with Crippen LogP contribution in [0, 0.1) is 13.8 Å². The second-order valence-electron chi connectivity index (χ2n) is 8.48. The summed E-state index contributed by atoms with van der Waals surface area (Å²) in [6.07, 6.45) is 3.79. The van der Waals surface area contributed by atoms with Crippen LogP contribution in [0.4, 0.5) is 11.5 Å². The predicted octanol–water partition coefficient (Wildman–Crippen LogP) is 2.73. The summed E-state index contributed by atoms with van der Waals surface area (Å²) in [7, 11) is 0.